The highest BCUT2D eigenvalue weighted by Gasteiger charge is 2.09. The lowest BCUT2D eigenvalue weighted by Crippen LogP contribution is -1.95. The molecule has 0 aliphatic rings. The van der Waals surface area contributed by atoms with Crippen molar-refractivity contribution in [3.8, 4) is 0 Å². The number of aryl methyl sites for hydroxylation is 1. The van der Waals surface area contributed by atoms with Gasteiger partial charge in [0.05, 0.1) is 0 Å². The van der Waals surface area contributed by atoms with E-state index in [1.165, 1.54) is 5.56 Å². The van der Waals surface area contributed by atoms with Crippen LogP contribution in [0.1, 0.15) is 25.0 Å². The molecule has 14 heavy (non-hydrogen) atoms. The summed E-state index contributed by atoms with van der Waals surface area (Å²) >= 11 is 0. The Kier molecular flexibility index (Phi) is 2.23. The van der Waals surface area contributed by atoms with Crippen LogP contribution in [0.4, 0.5) is 0 Å². The van der Waals surface area contributed by atoms with Gasteiger partial charge in [0.25, 0.3) is 0 Å². The SMILES string of the molecule is Cc1ccc(CC(C)C)c2nonc12. The van der Waals surface area contributed by atoms with Gasteiger partial charge in [0, 0.05) is 0 Å². The molecule has 1 aromatic heterocycles. The molecule has 2 rings (SSSR count). The van der Waals surface area contributed by atoms with Gasteiger partial charge in [-0.25, -0.2) is 4.63 Å². The molecule has 1 aromatic carbocycles. The van der Waals surface area contributed by atoms with Gasteiger partial charge in [-0.3, -0.25) is 0 Å². The van der Waals surface area contributed by atoms with Gasteiger partial charge in [0.15, 0.2) is 0 Å². The van der Waals surface area contributed by atoms with E-state index < -0.39 is 0 Å². The number of nitrogens with zero attached hydrogens (tertiary/aromatic N) is 2. The van der Waals surface area contributed by atoms with Crippen molar-refractivity contribution in [2.24, 2.45) is 5.92 Å². The summed E-state index contributed by atoms with van der Waals surface area (Å²) in [4.78, 5) is 0. The van der Waals surface area contributed by atoms with E-state index in [9.17, 15) is 0 Å². The Hall–Kier alpha value is -1.38. The van der Waals surface area contributed by atoms with Gasteiger partial charge in [0.2, 0.25) is 0 Å². The van der Waals surface area contributed by atoms with Crippen LogP contribution in [0.5, 0.6) is 0 Å². The van der Waals surface area contributed by atoms with Crippen molar-refractivity contribution >= 4 is 11.0 Å². The Bertz CT molecular complexity index is 445. The average Bonchev–Trinajstić information content (AvgIpc) is 2.58. The van der Waals surface area contributed by atoms with Crippen molar-refractivity contribution in [1.29, 1.82) is 0 Å². The molecule has 0 N–H and O–H groups in total. The lowest BCUT2D eigenvalue weighted by Gasteiger charge is -2.04. The number of hydrogen-bond donors (Lipinski definition) is 0. The van der Waals surface area contributed by atoms with Gasteiger partial charge in [0.1, 0.15) is 11.0 Å². The van der Waals surface area contributed by atoms with E-state index in [2.05, 4.69) is 36.3 Å². The first-order valence-corrected chi connectivity index (χ1v) is 4.89. The Morgan fingerprint density at radius 1 is 1.21 bits per heavy atom. The van der Waals surface area contributed by atoms with Crippen molar-refractivity contribution in [2.75, 3.05) is 0 Å². The number of hydrogen-bond acceptors (Lipinski definition) is 3. The van der Waals surface area contributed by atoms with Crippen LogP contribution in [-0.2, 0) is 6.42 Å². The lowest BCUT2D eigenvalue weighted by atomic mass is 10.0. The highest BCUT2D eigenvalue weighted by molar-refractivity contribution is 5.80. The fourth-order valence-electron chi connectivity index (χ4n) is 1.65. The zero-order valence-corrected chi connectivity index (χ0v) is 8.74. The van der Waals surface area contributed by atoms with Crippen LogP contribution in [0, 0.1) is 12.8 Å². The van der Waals surface area contributed by atoms with Gasteiger partial charge >= 0.3 is 0 Å². The van der Waals surface area contributed by atoms with Crippen LogP contribution in [-0.4, -0.2) is 10.3 Å². The minimum absolute atomic E-state index is 0.623. The fourth-order valence-corrected chi connectivity index (χ4v) is 1.65. The van der Waals surface area contributed by atoms with E-state index in [4.69, 9.17) is 4.63 Å². The number of aromatic nitrogens is 2. The molecule has 0 aliphatic heterocycles. The first-order chi connectivity index (χ1) is 6.68. The maximum Gasteiger partial charge on any atom is 0.138 e. The van der Waals surface area contributed by atoms with E-state index >= 15 is 0 Å². The van der Waals surface area contributed by atoms with Crippen LogP contribution in [0.2, 0.25) is 0 Å². The Labute approximate surface area is 83.1 Å². The van der Waals surface area contributed by atoms with Crippen LogP contribution in [0.25, 0.3) is 11.0 Å². The van der Waals surface area contributed by atoms with Gasteiger partial charge in [-0.05, 0) is 40.7 Å². The molecule has 2 aromatic rings. The highest BCUT2D eigenvalue weighted by Crippen LogP contribution is 2.21. The maximum atomic E-state index is 4.77. The van der Waals surface area contributed by atoms with Gasteiger partial charge in [-0.1, -0.05) is 26.0 Å². The lowest BCUT2D eigenvalue weighted by molar-refractivity contribution is 0.315. The summed E-state index contributed by atoms with van der Waals surface area (Å²) < 4.78 is 4.77. The number of fused-ring (bicyclic) bond motifs is 1. The quantitative estimate of drug-likeness (QED) is 0.730. The van der Waals surface area contributed by atoms with Crippen molar-refractivity contribution in [3.63, 3.8) is 0 Å². The van der Waals surface area contributed by atoms with E-state index in [0.717, 1.165) is 23.0 Å². The monoisotopic (exact) mass is 190 g/mol. The molecule has 0 saturated heterocycles. The Morgan fingerprint density at radius 3 is 2.64 bits per heavy atom. The van der Waals surface area contributed by atoms with Crippen molar-refractivity contribution in [1.82, 2.24) is 10.3 Å². The third-order valence-electron chi connectivity index (χ3n) is 2.33. The van der Waals surface area contributed by atoms with Crippen molar-refractivity contribution in [2.45, 2.75) is 27.2 Å². The molecule has 0 radical (unpaired) electrons. The molecular formula is C11H14N2O. The summed E-state index contributed by atoms with van der Waals surface area (Å²) in [5.41, 5.74) is 4.15. The van der Waals surface area contributed by atoms with Gasteiger partial charge < -0.3 is 0 Å². The average molecular weight is 190 g/mol. The largest absolute Gasteiger partial charge is 0.243 e. The maximum absolute atomic E-state index is 4.77. The summed E-state index contributed by atoms with van der Waals surface area (Å²) in [7, 11) is 0. The topological polar surface area (TPSA) is 38.9 Å². The molecule has 0 unspecified atom stereocenters. The second-order valence-electron chi connectivity index (χ2n) is 4.10. The summed E-state index contributed by atoms with van der Waals surface area (Å²) in [6, 6.07) is 4.19. The summed E-state index contributed by atoms with van der Waals surface area (Å²) in [5.74, 6) is 0.623. The Balaban J connectivity index is 2.55. The molecule has 0 fully saturated rings. The third kappa shape index (κ3) is 1.50. The molecule has 0 bridgehead atoms. The van der Waals surface area contributed by atoms with Crippen LogP contribution >= 0.6 is 0 Å². The molecule has 3 heteroatoms. The first kappa shape index (κ1) is 9.19. The minimum Gasteiger partial charge on any atom is -0.243 e. The van der Waals surface area contributed by atoms with Gasteiger partial charge in [-0.2, -0.15) is 0 Å². The van der Waals surface area contributed by atoms with Crippen LogP contribution in [0.3, 0.4) is 0 Å². The van der Waals surface area contributed by atoms with Crippen molar-refractivity contribution < 1.29 is 4.63 Å². The van der Waals surface area contributed by atoms with Crippen molar-refractivity contribution in [3.05, 3.63) is 23.3 Å². The summed E-state index contributed by atoms with van der Waals surface area (Å²) in [6.07, 6.45) is 1.02. The normalized spacial score (nSPS) is 11.4. The molecule has 0 saturated carbocycles. The summed E-state index contributed by atoms with van der Waals surface area (Å²) in [5, 5.41) is 7.85. The molecule has 1 heterocycles. The second-order valence-corrected chi connectivity index (χ2v) is 4.10. The van der Waals surface area contributed by atoms with Crippen LogP contribution < -0.4 is 0 Å². The highest BCUT2D eigenvalue weighted by atomic mass is 16.6. The van der Waals surface area contributed by atoms with Gasteiger partial charge in [-0.15, -0.1) is 0 Å². The van der Waals surface area contributed by atoms with Crippen LogP contribution in [0.15, 0.2) is 16.8 Å². The fraction of sp³-hybridized carbons (Fsp3) is 0.455. The predicted molar refractivity (Wildman–Crippen MR) is 55.1 cm³/mol. The number of rotatable bonds is 2. The zero-order chi connectivity index (χ0) is 10.1. The molecule has 3 nitrogen and oxygen atoms in total. The molecule has 0 amide bonds. The zero-order valence-electron chi connectivity index (χ0n) is 8.74. The Morgan fingerprint density at radius 2 is 1.93 bits per heavy atom. The van der Waals surface area contributed by atoms with E-state index in [0.29, 0.717) is 5.92 Å². The predicted octanol–water partition coefficient (Wildman–Crippen LogP) is 2.73. The van der Waals surface area contributed by atoms with E-state index in [-0.39, 0.29) is 0 Å². The van der Waals surface area contributed by atoms with E-state index in [1.807, 2.05) is 6.92 Å². The minimum atomic E-state index is 0.623. The molecule has 0 spiro atoms. The third-order valence-corrected chi connectivity index (χ3v) is 2.33. The molecule has 74 valence electrons. The molecule has 0 atom stereocenters. The molecular weight excluding hydrogens is 176 g/mol. The number of benzene rings is 1. The molecule has 0 aliphatic carbocycles. The first-order valence-electron chi connectivity index (χ1n) is 4.89. The standard InChI is InChI=1S/C11H14N2O/c1-7(2)6-9-5-4-8(3)10-11(9)13-14-12-10/h4-5,7H,6H2,1-3H3. The van der Waals surface area contributed by atoms with E-state index in [1.54, 1.807) is 0 Å². The summed E-state index contributed by atoms with van der Waals surface area (Å²) in [6.45, 7) is 6.41. The second kappa shape index (κ2) is 3.40. The smallest absolute Gasteiger partial charge is 0.138 e.